The van der Waals surface area contributed by atoms with Crippen molar-refractivity contribution in [2.75, 3.05) is 7.11 Å². The number of nitro groups is 1. The fourth-order valence-electron chi connectivity index (χ4n) is 4.08. The molecule has 0 saturated carbocycles. The minimum absolute atomic E-state index is 0.171. The number of carbonyl (C=O) groups excluding carboxylic acids is 2. The monoisotopic (exact) mass is 481 g/mol. The lowest BCUT2D eigenvalue weighted by Crippen LogP contribution is -2.36. The van der Waals surface area contributed by atoms with Crippen molar-refractivity contribution in [1.29, 1.82) is 0 Å². The molecular weight excluding hydrogens is 462 g/mol. The van der Waals surface area contributed by atoms with Crippen LogP contribution in [0.1, 0.15) is 31.8 Å². The van der Waals surface area contributed by atoms with Crippen molar-refractivity contribution in [1.82, 2.24) is 5.01 Å². The van der Waals surface area contributed by atoms with E-state index in [1.165, 1.54) is 37.6 Å². The van der Waals surface area contributed by atoms with E-state index >= 15 is 0 Å². The first-order valence-corrected chi connectivity index (χ1v) is 11.0. The Balaban J connectivity index is 1.44. The molecule has 1 aliphatic heterocycles. The summed E-state index contributed by atoms with van der Waals surface area (Å²) in [6, 6.07) is 22.0. The first kappa shape index (κ1) is 22.7. The van der Waals surface area contributed by atoms with E-state index in [0.29, 0.717) is 23.7 Å². The van der Waals surface area contributed by atoms with Crippen molar-refractivity contribution in [2.45, 2.75) is 6.61 Å². The third-order valence-electron chi connectivity index (χ3n) is 5.81. The van der Waals surface area contributed by atoms with Crippen LogP contribution in [0.3, 0.4) is 0 Å². The van der Waals surface area contributed by atoms with Gasteiger partial charge in [-0.1, -0.05) is 36.4 Å². The van der Waals surface area contributed by atoms with Gasteiger partial charge >= 0.3 is 0 Å². The van der Waals surface area contributed by atoms with Crippen LogP contribution in [-0.2, 0) is 6.61 Å². The normalized spacial score (nSPS) is 12.9. The number of hydrogen-bond acceptors (Lipinski definition) is 7. The van der Waals surface area contributed by atoms with Gasteiger partial charge in [0.1, 0.15) is 6.61 Å². The number of amides is 2. The molecule has 1 heterocycles. The van der Waals surface area contributed by atoms with Gasteiger partial charge in [0.2, 0.25) is 0 Å². The zero-order chi connectivity index (χ0) is 25.2. The lowest BCUT2D eigenvalue weighted by molar-refractivity contribution is -0.383. The van der Waals surface area contributed by atoms with Crippen molar-refractivity contribution < 1.29 is 24.0 Å². The van der Waals surface area contributed by atoms with E-state index in [-0.39, 0.29) is 27.6 Å². The fraction of sp³-hybridized carbons (Fsp3) is 0.0741. The topological polar surface area (TPSA) is 111 Å². The highest BCUT2D eigenvalue weighted by atomic mass is 16.6. The summed E-state index contributed by atoms with van der Waals surface area (Å²) in [5.74, 6) is -0.327. The predicted molar refractivity (Wildman–Crippen MR) is 132 cm³/mol. The Hall–Kier alpha value is -5.05. The third-order valence-corrected chi connectivity index (χ3v) is 5.81. The number of methoxy groups -OCH3 is 1. The number of hydrogen-bond donors (Lipinski definition) is 0. The van der Waals surface area contributed by atoms with Gasteiger partial charge in [-0.25, -0.2) is 0 Å². The number of benzene rings is 4. The molecule has 0 radical (unpaired) electrons. The summed E-state index contributed by atoms with van der Waals surface area (Å²) in [5, 5.41) is 16.8. The second-order valence-electron chi connectivity index (χ2n) is 7.97. The molecule has 0 fully saturated rings. The van der Waals surface area contributed by atoms with Gasteiger partial charge in [0.15, 0.2) is 11.5 Å². The molecule has 0 aliphatic carbocycles. The molecule has 178 valence electrons. The number of nitro benzene ring substituents is 1. The Labute approximate surface area is 205 Å². The molecule has 0 atom stereocenters. The molecule has 0 unspecified atom stereocenters. The summed E-state index contributed by atoms with van der Waals surface area (Å²) in [7, 11) is 1.53. The average Bonchev–Trinajstić information content (AvgIpc) is 2.90. The molecular formula is C27H19N3O6. The number of non-ortho nitro benzene ring substituents is 1. The zero-order valence-electron chi connectivity index (χ0n) is 19.1. The number of nitrogens with zero attached hydrogens (tertiary/aromatic N) is 3. The highest BCUT2D eigenvalue weighted by molar-refractivity contribution is 6.26. The van der Waals surface area contributed by atoms with E-state index in [9.17, 15) is 19.7 Å². The van der Waals surface area contributed by atoms with Crippen LogP contribution in [0.2, 0.25) is 0 Å². The average molecular weight is 481 g/mol. The van der Waals surface area contributed by atoms with Crippen LogP contribution < -0.4 is 9.47 Å². The molecule has 0 bridgehead atoms. The van der Waals surface area contributed by atoms with E-state index in [2.05, 4.69) is 5.10 Å². The molecule has 9 nitrogen and oxygen atoms in total. The van der Waals surface area contributed by atoms with Crippen LogP contribution in [0.5, 0.6) is 11.5 Å². The van der Waals surface area contributed by atoms with Gasteiger partial charge in [-0.3, -0.25) is 19.7 Å². The second kappa shape index (κ2) is 9.30. The summed E-state index contributed by atoms with van der Waals surface area (Å²) in [6.07, 6.45) is 1.38. The second-order valence-corrected chi connectivity index (χ2v) is 7.97. The van der Waals surface area contributed by atoms with Gasteiger partial charge in [-0.05, 0) is 47.5 Å². The maximum absolute atomic E-state index is 13.1. The third kappa shape index (κ3) is 4.03. The molecule has 5 rings (SSSR count). The summed E-state index contributed by atoms with van der Waals surface area (Å²) in [4.78, 5) is 37.1. The van der Waals surface area contributed by atoms with Crippen LogP contribution >= 0.6 is 0 Å². The molecule has 0 N–H and O–H groups in total. The molecule has 1 aliphatic rings. The maximum Gasteiger partial charge on any atom is 0.282 e. The van der Waals surface area contributed by atoms with Gasteiger partial charge < -0.3 is 9.47 Å². The lowest BCUT2D eigenvalue weighted by Gasteiger charge is -2.23. The maximum atomic E-state index is 13.1. The fourth-order valence-corrected chi connectivity index (χ4v) is 4.08. The van der Waals surface area contributed by atoms with Crippen molar-refractivity contribution in [2.24, 2.45) is 5.10 Å². The van der Waals surface area contributed by atoms with E-state index in [4.69, 9.17) is 9.47 Å². The summed E-state index contributed by atoms with van der Waals surface area (Å²) in [6.45, 7) is 0.327. The van der Waals surface area contributed by atoms with E-state index in [0.717, 1.165) is 10.6 Å². The van der Waals surface area contributed by atoms with Crippen molar-refractivity contribution in [3.05, 3.63) is 111 Å². The SMILES string of the molecule is COc1ccc(C=NN2C(=O)c3cccc4c([N+](=O)[O-])ccc(c34)C2=O)cc1OCc1ccccc1. The molecule has 9 heteroatoms. The predicted octanol–water partition coefficient (Wildman–Crippen LogP) is 4.97. The molecule has 0 saturated heterocycles. The first-order valence-electron chi connectivity index (χ1n) is 11.0. The standard InChI is InChI=1S/C27H19N3O6/c1-35-23-13-10-18(14-24(23)36-16-17-6-3-2-4-7-17)15-28-29-26(31)20-9-5-8-19-22(30(33)34)12-11-21(25(19)20)27(29)32/h2-15H,16H2,1H3. The minimum atomic E-state index is -0.663. The van der Waals surface area contributed by atoms with Gasteiger partial charge in [-0.2, -0.15) is 10.1 Å². The van der Waals surface area contributed by atoms with Gasteiger partial charge in [0, 0.05) is 11.5 Å². The summed E-state index contributed by atoms with van der Waals surface area (Å²) >= 11 is 0. The van der Waals surface area contributed by atoms with Crippen LogP contribution in [0, 0.1) is 10.1 Å². The Morgan fingerprint density at radius 1 is 0.917 bits per heavy atom. The van der Waals surface area contributed by atoms with Crippen LogP contribution in [0.25, 0.3) is 10.8 Å². The quantitative estimate of drug-likeness (QED) is 0.160. The summed E-state index contributed by atoms with van der Waals surface area (Å²) < 4.78 is 11.3. The molecule has 0 spiro atoms. The number of hydrazone groups is 1. The molecule has 2 amide bonds. The molecule has 4 aromatic rings. The van der Waals surface area contributed by atoms with Crippen molar-refractivity contribution in [3.63, 3.8) is 0 Å². The number of rotatable bonds is 7. The summed E-state index contributed by atoms with van der Waals surface area (Å²) in [5.41, 5.74) is 1.73. The van der Waals surface area contributed by atoms with E-state index in [1.807, 2.05) is 30.3 Å². The first-order chi connectivity index (χ1) is 17.5. The Bertz CT molecular complexity index is 1530. The highest BCUT2D eigenvalue weighted by Gasteiger charge is 2.34. The van der Waals surface area contributed by atoms with E-state index < -0.39 is 16.7 Å². The van der Waals surface area contributed by atoms with Gasteiger partial charge in [0.25, 0.3) is 17.5 Å². The molecule has 0 aromatic heterocycles. The van der Waals surface area contributed by atoms with Gasteiger partial charge in [0.05, 0.1) is 34.8 Å². The van der Waals surface area contributed by atoms with Crippen LogP contribution in [0.4, 0.5) is 5.69 Å². The highest BCUT2D eigenvalue weighted by Crippen LogP contribution is 2.35. The Kier molecular flexibility index (Phi) is 5.87. The van der Waals surface area contributed by atoms with Gasteiger partial charge in [-0.15, -0.1) is 0 Å². The smallest absolute Gasteiger partial charge is 0.282 e. The van der Waals surface area contributed by atoms with E-state index in [1.54, 1.807) is 24.3 Å². The number of imide groups is 1. The zero-order valence-corrected chi connectivity index (χ0v) is 19.1. The van der Waals surface area contributed by atoms with Crippen LogP contribution in [0.15, 0.2) is 84.0 Å². The number of ether oxygens (including phenoxy) is 2. The van der Waals surface area contributed by atoms with Crippen molar-refractivity contribution >= 4 is 34.5 Å². The minimum Gasteiger partial charge on any atom is -0.493 e. The largest absolute Gasteiger partial charge is 0.493 e. The molecule has 36 heavy (non-hydrogen) atoms. The van der Waals surface area contributed by atoms with Crippen LogP contribution in [-0.4, -0.2) is 35.1 Å². The Morgan fingerprint density at radius 2 is 1.67 bits per heavy atom. The number of carbonyl (C=O) groups is 2. The Morgan fingerprint density at radius 3 is 2.39 bits per heavy atom. The molecule has 4 aromatic carbocycles. The van der Waals surface area contributed by atoms with Crippen molar-refractivity contribution in [3.8, 4) is 11.5 Å². The lowest BCUT2D eigenvalue weighted by atomic mass is 9.94.